The minimum atomic E-state index is -1.04. The number of hydrogen-bond acceptors (Lipinski definition) is 3. The van der Waals surface area contributed by atoms with Gasteiger partial charge >= 0.3 is 5.97 Å². The SMILES string of the molecule is COc1cc(C(=O)O)ccc1N1CC(Cl)CC1=O. The molecule has 18 heavy (non-hydrogen) atoms. The largest absolute Gasteiger partial charge is 0.495 e. The Morgan fingerprint density at radius 2 is 2.28 bits per heavy atom. The Morgan fingerprint density at radius 3 is 2.78 bits per heavy atom. The fourth-order valence-electron chi connectivity index (χ4n) is 1.93. The summed E-state index contributed by atoms with van der Waals surface area (Å²) in [6, 6.07) is 4.40. The molecule has 1 atom stereocenters. The average Bonchev–Trinajstić information content (AvgIpc) is 2.67. The van der Waals surface area contributed by atoms with Gasteiger partial charge in [-0.05, 0) is 18.2 Å². The Labute approximate surface area is 109 Å². The van der Waals surface area contributed by atoms with Crippen LogP contribution in [0.2, 0.25) is 0 Å². The number of carbonyl (C=O) groups excluding carboxylic acids is 1. The van der Waals surface area contributed by atoms with Crippen LogP contribution in [-0.4, -0.2) is 36.0 Å². The Hall–Kier alpha value is -1.75. The van der Waals surface area contributed by atoms with Crippen molar-refractivity contribution in [2.45, 2.75) is 11.8 Å². The summed E-state index contributed by atoms with van der Waals surface area (Å²) in [6.45, 7) is 0.406. The molecular formula is C12H12ClNO4. The number of alkyl halides is 1. The predicted molar refractivity (Wildman–Crippen MR) is 66.6 cm³/mol. The first-order valence-electron chi connectivity index (χ1n) is 5.38. The summed E-state index contributed by atoms with van der Waals surface area (Å²) < 4.78 is 5.13. The lowest BCUT2D eigenvalue weighted by molar-refractivity contribution is -0.117. The lowest BCUT2D eigenvalue weighted by Gasteiger charge is -2.19. The second-order valence-corrected chi connectivity index (χ2v) is 4.61. The Kier molecular flexibility index (Phi) is 3.43. The Balaban J connectivity index is 2.39. The van der Waals surface area contributed by atoms with Crippen LogP contribution >= 0.6 is 11.6 Å². The fraction of sp³-hybridized carbons (Fsp3) is 0.333. The van der Waals surface area contributed by atoms with E-state index in [4.69, 9.17) is 21.4 Å². The summed E-state index contributed by atoms with van der Waals surface area (Å²) in [4.78, 5) is 24.1. The number of halogens is 1. The number of aromatic carboxylic acids is 1. The summed E-state index contributed by atoms with van der Waals surface area (Å²) in [7, 11) is 1.43. The van der Waals surface area contributed by atoms with Crippen molar-refractivity contribution in [1.29, 1.82) is 0 Å². The summed E-state index contributed by atoms with van der Waals surface area (Å²) in [5.74, 6) is -0.770. The molecular weight excluding hydrogens is 258 g/mol. The zero-order valence-corrected chi connectivity index (χ0v) is 10.5. The van der Waals surface area contributed by atoms with Crippen molar-refractivity contribution in [3.8, 4) is 5.75 Å². The minimum absolute atomic E-state index is 0.0867. The smallest absolute Gasteiger partial charge is 0.335 e. The van der Waals surface area contributed by atoms with Gasteiger partial charge in [-0.3, -0.25) is 4.79 Å². The van der Waals surface area contributed by atoms with E-state index >= 15 is 0 Å². The molecule has 6 heteroatoms. The predicted octanol–water partition coefficient (Wildman–Crippen LogP) is 1.74. The maximum Gasteiger partial charge on any atom is 0.335 e. The molecule has 1 aromatic carbocycles. The van der Waals surface area contributed by atoms with Gasteiger partial charge in [0, 0.05) is 13.0 Å². The molecule has 5 nitrogen and oxygen atoms in total. The number of methoxy groups -OCH3 is 1. The van der Waals surface area contributed by atoms with Crippen LogP contribution in [0.5, 0.6) is 5.75 Å². The van der Waals surface area contributed by atoms with Crippen molar-refractivity contribution in [3.05, 3.63) is 23.8 Å². The van der Waals surface area contributed by atoms with Gasteiger partial charge in [-0.1, -0.05) is 0 Å². The molecule has 1 saturated heterocycles. The number of anilines is 1. The molecule has 1 fully saturated rings. The topological polar surface area (TPSA) is 66.8 Å². The molecule has 1 aliphatic heterocycles. The molecule has 0 aliphatic carbocycles. The number of ether oxygens (including phenoxy) is 1. The first kappa shape index (κ1) is 12.7. The highest BCUT2D eigenvalue weighted by atomic mass is 35.5. The van der Waals surface area contributed by atoms with E-state index in [2.05, 4.69) is 0 Å². The van der Waals surface area contributed by atoms with Gasteiger partial charge in [0.25, 0.3) is 0 Å². The van der Waals surface area contributed by atoms with Crippen molar-refractivity contribution < 1.29 is 19.4 Å². The Morgan fingerprint density at radius 1 is 1.56 bits per heavy atom. The maximum absolute atomic E-state index is 11.7. The van der Waals surface area contributed by atoms with Gasteiger partial charge in [0.1, 0.15) is 5.75 Å². The van der Waals surface area contributed by atoms with Gasteiger partial charge in [-0.2, -0.15) is 0 Å². The van der Waals surface area contributed by atoms with E-state index in [0.717, 1.165) is 0 Å². The van der Waals surface area contributed by atoms with Crippen LogP contribution in [-0.2, 0) is 4.79 Å². The molecule has 2 rings (SSSR count). The van der Waals surface area contributed by atoms with Gasteiger partial charge in [0.2, 0.25) is 5.91 Å². The van der Waals surface area contributed by atoms with Crippen molar-refractivity contribution >= 4 is 29.2 Å². The lowest BCUT2D eigenvalue weighted by Crippen LogP contribution is -2.25. The zero-order valence-electron chi connectivity index (χ0n) is 9.72. The van der Waals surface area contributed by atoms with Gasteiger partial charge in [0.15, 0.2) is 0 Å². The number of hydrogen-bond donors (Lipinski definition) is 1. The van der Waals surface area contributed by atoms with Gasteiger partial charge in [0.05, 0.1) is 23.7 Å². The molecule has 0 bridgehead atoms. The van der Waals surface area contributed by atoms with Gasteiger partial charge < -0.3 is 14.7 Å². The molecule has 1 N–H and O–H groups in total. The summed E-state index contributed by atoms with van der Waals surface area (Å²) >= 11 is 5.93. The first-order chi connectivity index (χ1) is 8.52. The van der Waals surface area contributed by atoms with E-state index in [0.29, 0.717) is 18.0 Å². The standard InChI is InChI=1S/C12H12ClNO4/c1-18-10-4-7(12(16)17)2-3-9(10)14-6-8(13)5-11(14)15/h2-4,8H,5-6H2,1H3,(H,16,17). The minimum Gasteiger partial charge on any atom is -0.495 e. The lowest BCUT2D eigenvalue weighted by atomic mass is 10.2. The average molecular weight is 270 g/mol. The van der Waals surface area contributed by atoms with Crippen LogP contribution in [0, 0.1) is 0 Å². The number of carbonyl (C=O) groups is 2. The van der Waals surface area contributed by atoms with Crippen LogP contribution in [0.1, 0.15) is 16.8 Å². The summed E-state index contributed by atoms with van der Waals surface area (Å²) in [5.41, 5.74) is 0.667. The van der Waals surface area contributed by atoms with Crippen LogP contribution < -0.4 is 9.64 Å². The maximum atomic E-state index is 11.7. The molecule has 0 aromatic heterocycles. The quantitative estimate of drug-likeness (QED) is 0.849. The number of carboxylic acid groups (broad SMARTS) is 1. The summed E-state index contributed by atoms with van der Waals surface area (Å²) in [6.07, 6.45) is 0.283. The summed E-state index contributed by atoms with van der Waals surface area (Å²) in [5, 5.41) is 8.68. The Bertz CT molecular complexity index is 503. The van der Waals surface area contributed by atoms with Crippen molar-refractivity contribution in [2.75, 3.05) is 18.6 Å². The molecule has 1 aliphatic rings. The molecule has 1 unspecified atom stereocenters. The zero-order chi connectivity index (χ0) is 13.3. The number of benzene rings is 1. The number of nitrogens with zero attached hydrogens (tertiary/aromatic N) is 1. The molecule has 96 valence electrons. The van der Waals surface area contributed by atoms with Crippen molar-refractivity contribution in [3.63, 3.8) is 0 Å². The number of amides is 1. The van der Waals surface area contributed by atoms with Crippen LogP contribution in [0.4, 0.5) is 5.69 Å². The molecule has 1 heterocycles. The van der Waals surface area contributed by atoms with E-state index in [9.17, 15) is 9.59 Å². The van der Waals surface area contributed by atoms with Gasteiger partial charge in [-0.25, -0.2) is 4.79 Å². The first-order valence-corrected chi connectivity index (χ1v) is 5.82. The highest BCUT2D eigenvalue weighted by molar-refractivity contribution is 6.24. The second-order valence-electron chi connectivity index (χ2n) is 4.00. The van der Waals surface area contributed by atoms with E-state index in [1.165, 1.54) is 24.1 Å². The third-order valence-electron chi connectivity index (χ3n) is 2.80. The van der Waals surface area contributed by atoms with E-state index in [1.807, 2.05) is 0 Å². The van der Waals surface area contributed by atoms with Crippen LogP contribution in [0.3, 0.4) is 0 Å². The number of carboxylic acids is 1. The van der Waals surface area contributed by atoms with E-state index in [1.54, 1.807) is 6.07 Å². The van der Waals surface area contributed by atoms with Crippen molar-refractivity contribution in [1.82, 2.24) is 0 Å². The van der Waals surface area contributed by atoms with Crippen LogP contribution in [0.25, 0.3) is 0 Å². The van der Waals surface area contributed by atoms with Crippen molar-refractivity contribution in [2.24, 2.45) is 0 Å². The van der Waals surface area contributed by atoms with E-state index in [-0.39, 0.29) is 23.3 Å². The third kappa shape index (κ3) is 2.26. The molecule has 0 radical (unpaired) electrons. The normalized spacial score (nSPS) is 19.1. The van der Waals surface area contributed by atoms with Gasteiger partial charge in [-0.15, -0.1) is 11.6 Å². The van der Waals surface area contributed by atoms with Crippen LogP contribution in [0.15, 0.2) is 18.2 Å². The second kappa shape index (κ2) is 4.86. The third-order valence-corrected chi connectivity index (χ3v) is 3.09. The molecule has 0 saturated carbocycles. The number of rotatable bonds is 3. The molecule has 1 amide bonds. The monoisotopic (exact) mass is 269 g/mol. The molecule has 0 spiro atoms. The molecule has 1 aromatic rings. The van der Waals surface area contributed by atoms with E-state index < -0.39 is 5.97 Å². The highest BCUT2D eigenvalue weighted by Gasteiger charge is 2.31. The highest BCUT2D eigenvalue weighted by Crippen LogP contribution is 2.33. The fourth-order valence-corrected chi connectivity index (χ4v) is 2.20.